The number of ether oxygens (including phenoxy) is 1. The van der Waals surface area contributed by atoms with Gasteiger partial charge in [0.1, 0.15) is 0 Å². The van der Waals surface area contributed by atoms with Gasteiger partial charge in [0.05, 0.1) is 6.10 Å². The molecule has 84 valence electrons. The van der Waals surface area contributed by atoms with Crippen molar-refractivity contribution in [2.75, 3.05) is 6.61 Å². The third-order valence-corrected chi connectivity index (χ3v) is 5.11. The fraction of sp³-hybridized carbons (Fsp3) is 0.667. The van der Waals surface area contributed by atoms with Gasteiger partial charge >= 0.3 is 0 Å². The van der Waals surface area contributed by atoms with E-state index in [4.69, 9.17) is 4.74 Å². The molecule has 0 bridgehead atoms. The van der Waals surface area contributed by atoms with Crippen LogP contribution in [0.4, 0.5) is 0 Å². The zero-order chi connectivity index (χ0) is 10.5. The van der Waals surface area contributed by atoms with E-state index >= 15 is 0 Å². The fourth-order valence-electron chi connectivity index (χ4n) is 1.98. The summed E-state index contributed by atoms with van der Waals surface area (Å²) in [5.74, 6) is 0. The second-order valence-electron chi connectivity index (χ2n) is 4.05. The second kappa shape index (κ2) is 6.02. The van der Waals surface area contributed by atoms with E-state index in [1.807, 2.05) is 11.3 Å². The van der Waals surface area contributed by atoms with Gasteiger partial charge in [0.2, 0.25) is 0 Å². The summed E-state index contributed by atoms with van der Waals surface area (Å²) in [5, 5.41) is 2.14. The first-order chi connectivity index (χ1) is 7.36. The van der Waals surface area contributed by atoms with Gasteiger partial charge in [-0.05, 0) is 43.6 Å². The Morgan fingerprint density at radius 1 is 1.53 bits per heavy atom. The molecule has 1 saturated heterocycles. The molecule has 0 N–H and O–H groups in total. The SMILES string of the molecule is BrC(CCC1CCCCO1)c1cccs1. The highest BCUT2D eigenvalue weighted by atomic mass is 79.9. The lowest BCUT2D eigenvalue weighted by Crippen LogP contribution is -2.19. The predicted molar refractivity (Wildman–Crippen MR) is 68.8 cm³/mol. The highest BCUT2D eigenvalue weighted by Crippen LogP contribution is 2.32. The van der Waals surface area contributed by atoms with Gasteiger partial charge in [0.15, 0.2) is 0 Å². The van der Waals surface area contributed by atoms with Crippen molar-refractivity contribution in [3.63, 3.8) is 0 Å². The van der Waals surface area contributed by atoms with Crippen molar-refractivity contribution < 1.29 is 4.74 Å². The molecule has 0 radical (unpaired) electrons. The van der Waals surface area contributed by atoms with Crippen molar-refractivity contribution in [3.8, 4) is 0 Å². The van der Waals surface area contributed by atoms with Gasteiger partial charge in [-0.15, -0.1) is 11.3 Å². The summed E-state index contributed by atoms with van der Waals surface area (Å²) in [6, 6.07) is 4.32. The maximum atomic E-state index is 5.73. The topological polar surface area (TPSA) is 9.23 Å². The van der Waals surface area contributed by atoms with E-state index in [1.165, 1.54) is 37.0 Å². The monoisotopic (exact) mass is 288 g/mol. The minimum Gasteiger partial charge on any atom is -0.378 e. The Kier molecular flexibility index (Phi) is 4.66. The number of thiophene rings is 1. The molecule has 1 fully saturated rings. The fourth-order valence-corrected chi connectivity index (χ4v) is 3.46. The first kappa shape index (κ1) is 11.6. The third-order valence-electron chi connectivity index (χ3n) is 2.87. The van der Waals surface area contributed by atoms with E-state index in [9.17, 15) is 0 Å². The van der Waals surface area contributed by atoms with Crippen LogP contribution in [-0.4, -0.2) is 12.7 Å². The van der Waals surface area contributed by atoms with Crippen molar-refractivity contribution in [1.29, 1.82) is 0 Å². The van der Waals surface area contributed by atoms with Gasteiger partial charge < -0.3 is 4.74 Å². The van der Waals surface area contributed by atoms with Gasteiger partial charge in [-0.1, -0.05) is 22.0 Å². The summed E-state index contributed by atoms with van der Waals surface area (Å²) in [4.78, 5) is 1.95. The molecular formula is C12H17BrOS. The molecule has 2 atom stereocenters. The summed E-state index contributed by atoms with van der Waals surface area (Å²) in [6.45, 7) is 0.969. The molecule has 1 aromatic rings. The van der Waals surface area contributed by atoms with E-state index in [0.717, 1.165) is 6.61 Å². The summed E-state index contributed by atoms with van der Waals surface area (Å²) in [5.41, 5.74) is 0. The maximum Gasteiger partial charge on any atom is 0.0575 e. The van der Waals surface area contributed by atoms with Crippen LogP contribution in [0.1, 0.15) is 41.8 Å². The van der Waals surface area contributed by atoms with E-state index < -0.39 is 0 Å². The lowest BCUT2D eigenvalue weighted by atomic mass is 10.0. The lowest BCUT2D eigenvalue weighted by Gasteiger charge is -2.23. The maximum absolute atomic E-state index is 5.73. The molecule has 0 aromatic carbocycles. The number of hydrogen-bond donors (Lipinski definition) is 0. The molecule has 1 nitrogen and oxygen atoms in total. The van der Waals surface area contributed by atoms with Crippen LogP contribution in [0.5, 0.6) is 0 Å². The van der Waals surface area contributed by atoms with Crippen LogP contribution in [0.2, 0.25) is 0 Å². The summed E-state index contributed by atoms with van der Waals surface area (Å²) in [7, 11) is 0. The van der Waals surface area contributed by atoms with Crippen LogP contribution in [-0.2, 0) is 4.74 Å². The van der Waals surface area contributed by atoms with Crippen LogP contribution < -0.4 is 0 Å². The quantitative estimate of drug-likeness (QED) is 0.740. The molecule has 2 unspecified atom stereocenters. The standard InChI is InChI=1S/C12H17BrOS/c13-11(12-5-3-9-15-12)7-6-10-4-1-2-8-14-10/h3,5,9-11H,1-2,4,6-8H2. The van der Waals surface area contributed by atoms with E-state index in [2.05, 4.69) is 33.4 Å². The summed E-state index contributed by atoms with van der Waals surface area (Å²) < 4.78 is 5.73. The number of halogens is 1. The van der Waals surface area contributed by atoms with Crippen LogP contribution in [0.15, 0.2) is 17.5 Å². The molecule has 0 saturated carbocycles. The van der Waals surface area contributed by atoms with Crippen molar-refractivity contribution in [2.24, 2.45) is 0 Å². The molecule has 2 rings (SSSR count). The number of rotatable bonds is 4. The van der Waals surface area contributed by atoms with Crippen LogP contribution in [0.3, 0.4) is 0 Å². The Hall–Kier alpha value is 0.140. The van der Waals surface area contributed by atoms with Crippen molar-refractivity contribution in [2.45, 2.75) is 43.0 Å². The number of hydrogen-bond acceptors (Lipinski definition) is 2. The summed E-state index contributed by atoms with van der Waals surface area (Å²) >= 11 is 5.58. The molecule has 1 aliphatic rings. The molecule has 0 aliphatic carbocycles. The molecule has 1 aliphatic heterocycles. The van der Waals surface area contributed by atoms with E-state index in [1.54, 1.807) is 0 Å². The highest BCUT2D eigenvalue weighted by Gasteiger charge is 2.16. The Labute approximate surface area is 104 Å². The second-order valence-corrected chi connectivity index (χ2v) is 6.13. The summed E-state index contributed by atoms with van der Waals surface area (Å²) in [6.07, 6.45) is 6.73. The van der Waals surface area contributed by atoms with Crippen molar-refractivity contribution >= 4 is 27.3 Å². The Morgan fingerprint density at radius 3 is 3.13 bits per heavy atom. The van der Waals surface area contributed by atoms with Crippen LogP contribution in [0, 0.1) is 0 Å². The molecule has 1 aromatic heterocycles. The minimum atomic E-state index is 0.513. The highest BCUT2D eigenvalue weighted by molar-refractivity contribution is 9.09. The van der Waals surface area contributed by atoms with E-state index in [-0.39, 0.29) is 0 Å². The largest absolute Gasteiger partial charge is 0.378 e. The number of alkyl halides is 1. The van der Waals surface area contributed by atoms with Gasteiger partial charge in [0, 0.05) is 16.3 Å². The molecule has 0 spiro atoms. The first-order valence-corrected chi connectivity index (χ1v) is 7.45. The molecule has 15 heavy (non-hydrogen) atoms. The smallest absolute Gasteiger partial charge is 0.0575 e. The van der Waals surface area contributed by atoms with Crippen LogP contribution >= 0.6 is 27.3 Å². The zero-order valence-corrected chi connectivity index (χ0v) is 11.2. The zero-order valence-electron chi connectivity index (χ0n) is 8.82. The molecule has 0 amide bonds. The van der Waals surface area contributed by atoms with Crippen molar-refractivity contribution in [3.05, 3.63) is 22.4 Å². The molecular weight excluding hydrogens is 272 g/mol. The van der Waals surface area contributed by atoms with Crippen LogP contribution in [0.25, 0.3) is 0 Å². The average Bonchev–Trinajstić information content (AvgIpc) is 2.81. The predicted octanol–water partition coefficient (Wildman–Crippen LogP) is 4.53. The minimum absolute atomic E-state index is 0.513. The van der Waals surface area contributed by atoms with Crippen molar-refractivity contribution in [1.82, 2.24) is 0 Å². The molecule has 3 heteroatoms. The lowest BCUT2D eigenvalue weighted by molar-refractivity contribution is 0.0102. The first-order valence-electron chi connectivity index (χ1n) is 5.65. The van der Waals surface area contributed by atoms with Gasteiger partial charge in [-0.25, -0.2) is 0 Å². The normalized spacial score (nSPS) is 23.9. The van der Waals surface area contributed by atoms with Gasteiger partial charge in [0.25, 0.3) is 0 Å². The average molecular weight is 289 g/mol. The third kappa shape index (κ3) is 3.58. The molecule has 2 heterocycles. The Morgan fingerprint density at radius 2 is 2.47 bits per heavy atom. The van der Waals surface area contributed by atoms with E-state index in [0.29, 0.717) is 10.9 Å². The van der Waals surface area contributed by atoms with Gasteiger partial charge in [-0.3, -0.25) is 0 Å². The Balaban J connectivity index is 1.73. The van der Waals surface area contributed by atoms with Gasteiger partial charge in [-0.2, -0.15) is 0 Å². The Bertz CT molecular complexity index is 267.